The number of hydrogen-bond acceptors (Lipinski definition) is 4. The number of para-hydroxylation sites is 1. The van der Waals surface area contributed by atoms with E-state index in [-0.39, 0.29) is 11.6 Å². The number of anilines is 1. The predicted molar refractivity (Wildman–Crippen MR) is 144 cm³/mol. The molecule has 0 aromatic heterocycles. The molecule has 2 aromatic rings. The molecule has 1 aliphatic heterocycles. The Morgan fingerprint density at radius 2 is 1.77 bits per heavy atom. The third-order valence-corrected chi connectivity index (χ3v) is 6.70. The highest BCUT2D eigenvalue weighted by atomic mass is 19.4. The van der Waals surface area contributed by atoms with E-state index in [0.29, 0.717) is 36.1 Å². The largest absolute Gasteiger partial charge is 0.416 e. The molecule has 10 heteroatoms. The highest BCUT2D eigenvalue weighted by Crippen LogP contribution is 2.32. The van der Waals surface area contributed by atoms with Crippen LogP contribution in [0.15, 0.2) is 66.2 Å². The Morgan fingerprint density at radius 3 is 2.33 bits per heavy atom. The van der Waals surface area contributed by atoms with Crippen LogP contribution in [0.5, 0.6) is 0 Å². The molecule has 3 N–H and O–H groups in total. The molecule has 39 heavy (non-hydrogen) atoms. The van der Waals surface area contributed by atoms with E-state index in [9.17, 15) is 27.6 Å². The van der Waals surface area contributed by atoms with Gasteiger partial charge in [0.1, 0.15) is 0 Å². The second-order valence-corrected chi connectivity index (χ2v) is 9.99. The lowest BCUT2D eigenvalue weighted by atomic mass is 9.81. The van der Waals surface area contributed by atoms with Crippen LogP contribution in [0, 0.1) is 17.8 Å². The number of fused-ring (bicyclic) bond motifs is 1. The average molecular weight is 543 g/mol. The van der Waals surface area contributed by atoms with Crippen molar-refractivity contribution in [3.8, 4) is 0 Å². The van der Waals surface area contributed by atoms with Crippen molar-refractivity contribution in [2.75, 3.05) is 11.9 Å². The van der Waals surface area contributed by atoms with E-state index in [1.54, 1.807) is 30.3 Å². The van der Waals surface area contributed by atoms with Gasteiger partial charge in [-0.2, -0.15) is 13.2 Å². The van der Waals surface area contributed by atoms with Gasteiger partial charge in [-0.1, -0.05) is 50.3 Å². The molecule has 3 amide bonds. The number of hydrogen-bond donors (Lipinski definition) is 2. The maximum Gasteiger partial charge on any atom is 0.416 e. The van der Waals surface area contributed by atoms with Gasteiger partial charge in [0.05, 0.1) is 17.0 Å². The number of carbonyl (C=O) groups is 3. The second-order valence-electron chi connectivity index (χ2n) is 9.99. The normalized spacial score (nSPS) is 17.1. The number of carbonyl (C=O) groups excluding carboxylic acids is 3. The molecule has 0 fully saturated rings. The molecule has 0 saturated carbocycles. The smallest absolute Gasteiger partial charge is 0.369 e. The molecule has 3 atom stereocenters. The number of nitrogens with zero attached hydrogens (tertiary/aromatic N) is 2. The molecule has 0 radical (unpaired) electrons. The van der Waals surface area contributed by atoms with Crippen LogP contribution in [0.3, 0.4) is 0 Å². The minimum atomic E-state index is -4.51. The summed E-state index contributed by atoms with van der Waals surface area (Å²) in [6, 6.07) is 11.3. The molecule has 0 aliphatic carbocycles. The summed E-state index contributed by atoms with van der Waals surface area (Å²) in [5, 5.41) is 2.70. The van der Waals surface area contributed by atoms with E-state index in [0.717, 1.165) is 12.1 Å². The van der Waals surface area contributed by atoms with Gasteiger partial charge in [0.25, 0.3) is 5.91 Å². The number of likely N-dealkylation sites (N-methyl/N-ethyl adjacent to an activating group) is 1. The second kappa shape index (κ2) is 12.3. The van der Waals surface area contributed by atoms with Crippen LogP contribution in [0.2, 0.25) is 0 Å². The summed E-state index contributed by atoms with van der Waals surface area (Å²) in [7, 11) is 1.54. The van der Waals surface area contributed by atoms with Crippen molar-refractivity contribution < 1.29 is 27.6 Å². The highest BCUT2D eigenvalue weighted by molar-refractivity contribution is 6.20. The fourth-order valence-corrected chi connectivity index (χ4v) is 4.71. The molecular weight excluding hydrogens is 509 g/mol. The standard InChI is InChI=1S/C29H33F3N4O3/c1-5-6-9-20(25(33)37)22(16-17(2)3)27(38)35-26-28(39)36(4)23-11-8-7-10-21(23)24(34-26)18-12-14-19(15-13-18)29(30,31)32/h5,7-8,10-15,17,20,22,26H,1,6,9,16H2,2-4H3,(H2,33,37)(H,35,38)/t20?,22?,26-/m1/s1. The molecule has 208 valence electrons. The summed E-state index contributed by atoms with van der Waals surface area (Å²) in [4.78, 5) is 45.3. The van der Waals surface area contributed by atoms with E-state index in [1.807, 2.05) is 13.8 Å². The third kappa shape index (κ3) is 6.93. The van der Waals surface area contributed by atoms with Gasteiger partial charge in [0.2, 0.25) is 18.0 Å². The van der Waals surface area contributed by atoms with Gasteiger partial charge in [-0.05, 0) is 43.4 Å². The minimum Gasteiger partial charge on any atom is -0.369 e. The summed E-state index contributed by atoms with van der Waals surface area (Å²) in [6.07, 6.45) is -3.09. The number of alkyl halides is 3. The average Bonchev–Trinajstić information content (AvgIpc) is 2.98. The lowest BCUT2D eigenvalue weighted by Gasteiger charge is -2.27. The molecular formula is C29H33F3N4O3. The van der Waals surface area contributed by atoms with Gasteiger partial charge in [-0.3, -0.25) is 14.4 Å². The Morgan fingerprint density at radius 1 is 1.13 bits per heavy atom. The van der Waals surface area contributed by atoms with Gasteiger partial charge >= 0.3 is 6.18 Å². The van der Waals surface area contributed by atoms with Crippen molar-refractivity contribution in [3.63, 3.8) is 0 Å². The maximum absolute atomic E-state index is 13.6. The Balaban J connectivity index is 2.06. The number of nitrogens with one attached hydrogen (secondary N) is 1. The molecule has 1 heterocycles. The molecule has 0 saturated heterocycles. The molecule has 7 nitrogen and oxygen atoms in total. The summed E-state index contributed by atoms with van der Waals surface area (Å²) in [5.41, 5.74) is 6.44. The van der Waals surface area contributed by atoms with Crippen molar-refractivity contribution in [3.05, 3.63) is 77.9 Å². The third-order valence-electron chi connectivity index (χ3n) is 6.70. The minimum absolute atomic E-state index is 0.0503. The van der Waals surface area contributed by atoms with E-state index in [2.05, 4.69) is 16.9 Å². The summed E-state index contributed by atoms with van der Waals surface area (Å²) >= 11 is 0. The Bertz CT molecular complexity index is 1260. The van der Waals surface area contributed by atoms with E-state index in [1.165, 1.54) is 24.1 Å². The number of benzodiazepines with no additional fused rings is 1. The monoisotopic (exact) mass is 542 g/mol. The van der Waals surface area contributed by atoms with Crippen molar-refractivity contribution in [1.29, 1.82) is 0 Å². The van der Waals surface area contributed by atoms with Crippen LogP contribution >= 0.6 is 0 Å². The quantitative estimate of drug-likeness (QED) is 0.426. The van der Waals surface area contributed by atoms with Crippen LogP contribution in [0.1, 0.15) is 49.8 Å². The summed E-state index contributed by atoms with van der Waals surface area (Å²) < 4.78 is 39.5. The number of allylic oxidation sites excluding steroid dienone is 1. The SMILES string of the molecule is C=CCCC(C(N)=O)C(CC(C)C)C(=O)N[C@H]1N=C(c2ccc(C(F)(F)F)cc2)c2ccccc2N(C)C1=O. The summed E-state index contributed by atoms with van der Waals surface area (Å²) in [6.45, 7) is 7.49. The van der Waals surface area contributed by atoms with Gasteiger partial charge < -0.3 is 16.0 Å². The molecule has 1 aliphatic rings. The van der Waals surface area contributed by atoms with Crippen molar-refractivity contribution in [2.45, 2.75) is 45.5 Å². The number of halogens is 3. The topological polar surface area (TPSA) is 105 Å². The van der Waals surface area contributed by atoms with Crippen molar-refractivity contribution in [2.24, 2.45) is 28.5 Å². The molecule has 3 rings (SSSR count). The van der Waals surface area contributed by atoms with Crippen LogP contribution < -0.4 is 16.0 Å². The molecule has 0 spiro atoms. The van der Waals surface area contributed by atoms with Gasteiger partial charge in [-0.25, -0.2) is 4.99 Å². The first-order chi connectivity index (χ1) is 18.3. The number of amides is 3. The maximum atomic E-state index is 13.6. The Hall–Kier alpha value is -3.95. The van der Waals surface area contributed by atoms with Crippen molar-refractivity contribution in [1.82, 2.24) is 5.32 Å². The Labute approximate surface area is 226 Å². The number of nitrogens with two attached hydrogens (primary N) is 1. The van der Waals surface area contributed by atoms with Crippen molar-refractivity contribution >= 4 is 29.1 Å². The zero-order chi connectivity index (χ0) is 28.9. The molecule has 2 aromatic carbocycles. The fraction of sp³-hybridized carbons (Fsp3) is 0.379. The van der Waals surface area contributed by atoms with Gasteiger partial charge in [0.15, 0.2) is 0 Å². The van der Waals surface area contributed by atoms with Crippen LogP contribution in [-0.2, 0) is 20.6 Å². The highest BCUT2D eigenvalue weighted by Gasteiger charge is 2.37. The number of primary amides is 1. The van der Waals surface area contributed by atoms with E-state index < -0.39 is 47.5 Å². The first-order valence-corrected chi connectivity index (χ1v) is 12.7. The predicted octanol–water partition coefficient (Wildman–Crippen LogP) is 4.69. The number of rotatable bonds is 10. The zero-order valence-electron chi connectivity index (χ0n) is 22.2. The lowest BCUT2D eigenvalue weighted by molar-refractivity contribution is -0.137. The number of aliphatic imine (C=N–C) groups is 1. The van der Waals surface area contributed by atoms with Gasteiger partial charge in [0, 0.05) is 30.0 Å². The first kappa shape index (κ1) is 29.6. The van der Waals surface area contributed by atoms with E-state index in [4.69, 9.17) is 5.73 Å². The van der Waals surface area contributed by atoms with E-state index >= 15 is 0 Å². The molecule has 2 unspecified atom stereocenters. The number of benzene rings is 2. The van der Waals surface area contributed by atoms with Crippen LogP contribution in [0.25, 0.3) is 0 Å². The fourth-order valence-electron chi connectivity index (χ4n) is 4.71. The Kier molecular flexibility index (Phi) is 9.32. The van der Waals surface area contributed by atoms with Gasteiger partial charge in [-0.15, -0.1) is 6.58 Å². The van der Waals surface area contributed by atoms with Crippen LogP contribution in [-0.4, -0.2) is 36.6 Å². The van der Waals surface area contributed by atoms with Crippen LogP contribution in [0.4, 0.5) is 18.9 Å². The first-order valence-electron chi connectivity index (χ1n) is 12.7. The lowest BCUT2D eigenvalue weighted by Crippen LogP contribution is -2.50. The zero-order valence-corrected chi connectivity index (χ0v) is 22.2. The molecule has 0 bridgehead atoms. The summed E-state index contributed by atoms with van der Waals surface area (Å²) in [5.74, 6) is -3.25.